The van der Waals surface area contributed by atoms with Gasteiger partial charge in [0.05, 0.1) is 37.6 Å². The number of hydrogen-bond donors (Lipinski definition) is 10. The second kappa shape index (κ2) is 15.7. The van der Waals surface area contributed by atoms with Crippen LogP contribution in [-0.2, 0) is 18.9 Å². The van der Waals surface area contributed by atoms with Gasteiger partial charge in [-0.25, -0.2) is 0 Å². The van der Waals surface area contributed by atoms with Crippen molar-refractivity contribution in [3.05, 3.63) is 0 Å². The van der Waals surface area contributed by atoms with Gasteiger partial charge in [0.15, 0.2) is 12.6 Å². The van der Waals surface area contributed by atoms with Crippen LogP contribution < -0.4 is 0 Å². The van der Waals surface area contributed by atoms with Gasteiger partial charge < -0.3 is 70.0 Å². The second-order valence-electron chi connectivity index (χ2n) is 21.1. The van der Waals surface area contributed by atoms with Gasteiger partial charge in [-0.05, 0) is 115 Å². The zero-order chi connectivity index (χ0) is 41.8. The molecule has 0 aromatic rings. The van der Waals surface area contributed by atoms with Crippen LogP contribution in [0.25, 0.3) is 0 Å². The largest absolute Gasteiger partial charge is 0.394 e. The molecule has 0 unspecified atom stereocenters. The summed E-state index contributed by atoms with van der Waals surface area (Å²) in [6.45, 7) is 14.2. The fourth-order valence-corrected chi connectivity index (χ4v) is 14.7. The molecule has 7 aliphatic rings. The zero-order valence-electron chi connectivity index (χ0n) is 35.1. The summed E-state index contributed by atoms with van der Waals surface area (Å²) in [5, 5.41) is 109. The number of fused-ring (bicyclic) bond motifs is 2. The summed E-state index contributed by atoms with van der Waals surface area (Å²) in [5.41, 5.74) is -1.11. The van der Waals surface area contributed by atoms with Crippen LogP contribution in [0, 0.1) is 56.7 Å². The number of hydrogen-bond acceptors (Lipinski definition) is 14. The lowest BCUT2D eigenvalue weighted by molar-refractivity contribution is -0.369. The summed E-state index contributed by atoms with van der Waals surface area (Å²) in [7, 11) is 0. The van der Waals surface area contributed by atoms with E-state index in [-0.39, 0.29) is 51.4 Å². The highest BCUT2D eigenvalue weighted by molar-refractivity contribution is 5.33. The smallest absolute Gasteiger partial charge is 0.187 e. The summed E-state index contributed by atoms with van der Waals surface area (Å²) in [6.07, 6.45) is -8.86. The quantitative estimate of drug-likeness (QED) is 0.132. The molecule has 2 heterocycles. The molecule has 2 spiro atoms. The first-order valence-corrected chi connectivity index (χ1v) is 21.9. The predicted molar refractivity (Wildman–Crippen MR) is 205 cm³/mol. The highest BCUT2D eigenvalue weighted by Crippen LogP contribution is 2.88. The first-order chi connectivity index (χ1) is 26.7. The third-order valence-electron chi connectivity index (χ3n) is 18.0. The van der Waals surface area contributed by atoms with Gasteiger partial charge in [-0.15, -0.1) is 0 Å². The van der Waals surface area contributed by atoms with Crippen LogP contribution in [0.3, 0.4) is 0 Å². The molecule has 0 aromatic carbocycles. The van der Waals surface area contributed by atoms with Crippen molar-refractivity contribution in [1.82, 2.24) is 0 Å². The highest BCUT2D eigenvalue weighted by Gasteiger charge is 2.85. The van der Waals surface area contributed by atoms with Gasteiger partial charge in [0.2, 0.25) is 0 Å². The van der Waals surface area contributed by atoms with Crippen LogP contribution >= 0.6 is 0 Å². The maximum absolute atomic E-state index is 12.6. The van der Waals surface area contributed by atoms with Crippen molar-refractivity contribution in [3.8, 4) is 0 Å². The Morgan fingerprint density at radius 2 is 1.28 bits per heavy atom. The van der Waals surface area contributed by atoms with E-state index in [4.69, 9.17) is 18.9 Å². The van der Waals surface area contributed by atoms with Crippen molar-refractivity contribution < 1.29 is 70.0 Å². The maximum atomic E-state index is 12.6. The van der Waals surface area contributed by atoms with Crippen LogP contribution in [0.15, 0.2) is 0 Å². The van der Waals surface area contributed by atoms with Gasteiger partial charge in [-0.3, -0.25) is 0 Å². The number of ether oxygens (including phenoxy) is 4. The number of aliphatic hydroxyl groups is 10. The third kappa shape index (κ3) is 6.64. The Bertz CT molecular complexity index is 1420. The molecule has 7 rings (SSSR count). The Morgan fingerprint density at radius 3 is 1.91 bits per heavy atom. The van der Waals surface area contributed by atoms with Gasteiger partial charge in [0, 0.05) is 5.41 Å². The predicted octanol–water partition coefficient (Wildman–Crippen LogP) is 1.20. The molecule has 57 heavy (non-hydrogen) atoms. The Labute approximate surface area is 337 Å². The minimum Gasteiger partial charge on any atom is -0.394 e. The fraction of sp³-hybridized carbons (Fsp3) is 1.00. The lowest BCUT2D eigenvalue weighted by atomic mass is 9.36. The van der Waals surface area contributed by atoms with Crippen LogP contribution in [0.5, 0.6) is 0 Å². The van der Waals surface area contributed by atoms with E-state index in [2.05, 4.69) is 34.6 Å². The summed E-state index contributed by atoms with van der Waals surface area (Å²) in [6, 6.07) is 0. The molecule has 22 atom stereocenters. The maximum Gasteiger partial charge on any atom is 0.187 e. The molecule has 14 nitrogen and oxygen atoms in total. The minimum atomic E-state index is -1.77. The fourth-order valence-electron chi connectivity index (χ4n) is 14.7. The molecule has 10 N–H and O–H groups in total. The first-order valence-electron chi connectivity index (χ1n) is 21.9. The van der Waals surface area contributed by atoms with Crippen molar-refractivity contribution in [2.75, 3.05) is 13.2 Å². The standard InChI is InChI=1S/C43H74O14/c1-20(2)22(46)9-8-21(3)30-23(47)12-14-40(6)27-11-10-26-39(4,5)29(13-15-42(26)19-43(27,42)28(48)16-41(30,40)7)56-38-35(53)36(32(50)25(18-45)55-38)57-37-34(52)33(51)31(49)24(17-44)54-37/h20-38,44-53H,8-19H2,1-7H3/t21-,22+,23-,24-,25-,26-,27+,28-,29-,30+,31-,32-,33+,34-,35-,36+,37+,38+,40+,41-,42+,43-/m1/s1. The van der Waals surface area contributed by atoms with Gasteiger partial charge in [0.1, 0.15) is 48.8 Å². The highest BCUT2D eigenvalue weighted by atomic mass is 16.7. The van der Waals surface area contributed by atoms with Gasteiger partial charge in [-0.1, -0.05) is 48.5 Å². The van der Waals surface area contributed by atoms with Gasteiger partial charge in [0.25, 0.3) is 0 Å². The Kier molecular flexibility index (Phi) is 12.2. The van der Waals surface area contributed by atoms with Crippen molar-refractivity contribution in [2.45, 2.75) is 199 Å². The van der Waals surface area contributed by atoms with Gasteiger partial charge in [-0.2, -0.15) is 0 Å². The van der Waals surface area contributed by atoms with Crippen molar-refractivity contribution >= 4 is 0 Å². The Balaban J connectivity index is 1.09. The molecule has 0 amide bonds. The number of aliphatic hydroxyl groups excluding tert-OH is 10. The second-order valence-corrected chi connectivity index (χ2v) is 21.1. The van der Waals surface area contributed by atoms with E-state index in [9.17, 15) is 51.1 Å². The molecule has 0 radical (unpaired) electrons. The van der Waals surface area contributed by atoms with E-state index in [1.807, 2.05) is 13.8 Å². The molecule has 5 aliphatic carbocycles. The summed E-state index contributed by atoms with van der Waals surface area (Å²) < 4.78 is 24.0. The average molecular weight is 815 g/mol. The first kappa shape index (κ1) is 44.5. The van der Waals surface area contributed by atoms with Crippen molar-refractivity contribution in [2.24, 2.45) is 56.7 Å². The topological polar surface area (TPSA) is 239 Å². The normalized spacial score (nSPS) is 54.2. The van der Waals surface area contributed by atoms with Crippen LogP contribution in [0.2, 0.25) is 0 Å². The van der Waals surface area contributed by atoms with E-state index in [1.165, 1.54) is 0 Å². The average Bonchev–Trinajstić information content (AvgIpc) is 3.85. The molecule has 7 fully saturated rings. The minimum absolute atomic E-state index is 0.0207. The van der Waals surface area contributed by atoms with Crippen LogP contribution in [0.4, 0.5) is 0 Å². The molecule has 2 aliphatic heterocycles. The van der Waals surface area contributed by atoms with Gasteiger partial charge >= 0.3 is 0 Å². The summed E-state index contributed by atoms with van der Waals surface area (Å²) >= 11 is 0. The third-order valence-corrected chi connectivity index (χ3v) is 18.0. The molecule has 0 aromatic heterocycles. The Morgan fingerprint density at radius 1 is 0.667 bits per heavy atom. The number of rotatable bonds is 11. The van der Waals surface area contributed by atoms with E-state index in [0.717, 1.165) is 44.9 Å². The van der Waals surface area contributed by atoms with E-state index >= 15 is 0 Å². The SMILES string of the molecule is CC(C)[C@@H](O)CC[C@@H](C)[C@H]1[C@H](O)CC[C@@]2(C)[C@@H]3CC[C@@H]4C(C)(C)[C@H](O[C@@H]5O[C@H](CO)[C@@H](O)[C@H](O[C@@H]6O[C@H](CO)[C@@H](O)[C@H](O)[C@H]6O)[C@H]5O)CC[C@]45C[C@]35[C@H](O)C[C@]12C. The zero-order valence-corrected chi connectivity index (χ0v) is 35.1. The van der Waals surface area contributed by atoms with E-state index in [1.54, 1.807) is 0 Å². The molecule has 14 heteroatoms. The molecular weight excluding hydrogens is 740 g/mol. The molecular formula is C43H74O14. The summed E-state index contributed by atoms with van der Waals surface area (Å²) in [4.78, 5) is 0. The lowest BCUT2D eigenvalue weighted by Crippen LogP contribution is -2.67. The monoisotopic (exact) mass is 815 g/mol. The lowest BCUT2D eigenvalue weighted by Gasteiger charge is -2.69. The molecule has 2 saturated heterocycles. The molecule has 0 bridgehead atoms. The summed E-state index contributed by atoms with van der Waals surface area (Å²) in [5.74, 6) is 0.888. The van der Waals surface area contributed by atoms with E-state index < -0.39 is 98.4 Å². The molecule has 5 saturated carbocycles. The van der Waals surface area contributed by atoms with Crippen LogP contribution in [-0.4, -0.2) is 150 Å². The Hall–Kier alpha value is -0.560. The molecule has 330 valence electrons. The van der Waals surface area contributed by atoms with Crippen molar-refractivity contribution in [1.29, 1.82) is 0 Å². The van der Waals surface area contributed by atoms with Crippen molar-refractivity contribution in [3.63, 3.8) is 0 Å². The van der Waals surface area contributed by atoms with Crippen LogP contribution in [0.1, 0.15) is 113 Å². The van der Waals surface area contributed by atoms with E-state index in [0.29, 0.717) is 25.2 Å².